The van der Waals surface area contributed by atoms with E-state index in [1.165, 1.54) is 18.2 Å². The Labute approximate surface area is 82.3 Å². The van der Waals surface area contributed by atoms with Gasteiger partial charge in [0, 0.05) is 16.9 Å². The van der Waals surface area contributed by atoms with Crippen LogP contribution in [0.2, 0.25) is 5.82 Å². The molecule has 0 radical (unpaired) electrons. The number of aliphatic hydroxyl groups excluding tert-OH is 2. The highest BCUT2D eigenvalue weighted by Crippen LogP contribution is 2.39. The third-order valence-corrected chi connectivity index (χ3v) is 2.55. The van der Waals surface area contributed by atoms with E-state index < -0.39 is 18.4 Å². The fourth-order valence-electron chi connectivity index (χ4n) is 1.55. The van der Waals surface area contributed by atoms with Crippen molar-refractivity contribution in [2.24, 2.45) is 11.1 Å². The molecule has 0 heterocycles. The monoisotopic (exact) mass is 199 g/mol. The van der Waals surface area contributed by atoms with Crippen LogP contribution in [0.3, 0.4) is 0 Å². The minimum absolute atomic E-state index is 0.369. The molecule has 1 unspecified atom stereocenters. The van der Waals surface area contributed by atoms with Crippen molar-refractivity contribution in [3.63, 3.8) is 0 Å². The lowest BCUT2D eigenvalue weighted by Crippen LogP contribution is -2.41. The van der Waals surface area contributed by atoms with Crippen LogP contribution in [0.15, 0.2) is 23.9 Å². The van der Waals surface area contributed by atoms with Gasteiger partial charge in [0.1, 0.15) is 0 Å². The molecule has 0 aromatic carbocycles. The molecule has 1 aliphatic carbocycles. The summed E-state index contributed by atoms with van der Waals surface area (Å²) in [6, 6.07) is 0. The Kier molecular flexibility index (Phi) is 3.33. The number of hydrogen-bond acceptors (Lipinski definition) is 5. The van der Waals surface area contributed by atoms with E-state index in [2.05, 4.69) is 0 Å². The minimum Gasteiger partial charge on any atom is -0.427 e. The van der Waals surface area contributed by atoms with Gasteiger partial charge in [-0.05, 0) is 6.08 Å². The summed E-state index contributed by atoms with van der Waals surface area (Å²) in [5, 5.41) is 36.5. The zero-order chi connectivity index (χ0) is 10.8. The van der Waals surface area contributed by atoms with Crippen molar-refractivity contribution in [2.45, 2.75) is 5.82 Å². The Bertz CT molecular complexity index is 260. The van der Waals surface area contributed by atoms with Crippen molar-refractivity contribution in [1.29, 1.82) is 0 Å². The zero-order valence-corrected chi connectivity index (χ0v) is 7.67. The highest BCUT2D eigenvalue weighted by atomic mass is 16.4. The van der Waals surface area contributed by atoms with E-state index in [1.54, 1.807) is 0 Å². The second-order valence-electron chi connectivity index (χ2n) is 3.49. The number of allylic oxidation sites excluding steroid dienone is 2. The molecule has 1 aliphatic rings. The summed E-state index contributed by atoms with van der Waals surface area (Å²) in [5.74, 6) is -0.789. The quantitative estimate of drug-likeness (QED) is 0.345. The van der Waals surface area contributed by atoms with Crippen LogP contribution < -0.4 is 5.73 Å². The van der Waals surface area contributed by atoms with E-state index in [9.17, 15) is 0 Å². The Morgan fingerprint density at radius 2 is 1.93 bits per heavy atom. The van der Waals surface area contributed by atoms with E-state index in [0.717, 1.165) is 0 Å². The lowest BCUT2D eigenvalue weighted by atomic mass is 9.56. The van der Waals surface area contributed by atoms with Crippen LogP contribution in [-0.4, -0.2) is 40.6 Å². The smallest absolute Gasteiger partial charge is 0.427 e. The normalized spacial score (nSPS) is 24.6. The van der Waals surface area contributed by atoms with Gasteiger partial charge < -0.3 is 26.0 Å². The molecular formula is C8H14BNO4. The van der Waals surface area contributed by atoms with Crippen LogP contribution in [0.4, 0.5) is 0 Å². The summed E-state index contributed by atoms with van der Waals surface area (Å²) in [6.07, 6.45) is 4.47. The summed E-state index contributed by atoms with van der Waals surface area (Å²) in [6.45, 7) is -0.738. The van der Waals surface area contributed by atoms with Crippen LogP contribution in [0.25, 0.3) is 0 Å². The third kappa shape index (κ3) is 1.83. The molecule has 0 amide bonds. The van der Waals surface area contributed by atoms with Gasteiger partial charge in [0.2, 0.25) is 0 Å². The van der Waals surface area contributed by atoms with Crippen molar-refractivity contribution in [3.8, 4) is 0 Å². The SMILES string of the molecule is NC1=CC(B(O)O)C(CO)(CO)C=C1. The second-order valence-corrected chi connectivity index (χ2v) is 3.49. The second kappa shape index (κ2) is 4.14. The summed E-state index contributed by atoms with van der Waals surface area (Å²) < 4.78 is 0. The maximum absolute atomic E-state index is 9.14. The van der Waals surface area contributed by atoms with Crippen LogP contribution in [0.5, 0.6) is 0 Å². The molecule has 0 saturated carbocycles. The first-order chi connectivity index (χ1) is 6.55. The molecule has 0 aromatic heterocycles. The van der Waals surface area contributed by atoms with E-state index >= 15 is 0 Å². The van der Waals surface area contributed by atoms with Gasteiger partial charge in [0.15, 0.2) is 0 Å². The molecule has 0 spiro atoms. The minimum atomic E-state index is -1.65. The zero-order valence-electron chi connectivity index (χ0n) is 7.67. The molecule has 6 heteroatoms. The number of hydrogen-bond donors (Lipinski definition) is 5. The molecule has 0 fully saturated rings. The van der Waals surface area contributed by atoms with Gasteiger partial charge in [-0.15, -0.1) is 0 Å². The number of aliphatic hydroxyl groups is 2. The van der Waals surface area contributed by atoms with E-state index in [1.807, 2.05) is 0 Å². The van der Waals surface area contributed by atoms with Crippen molar-refractivity contribution in [3.05, 3.63) is 23.9 Å². The molecule has 0 aromatic rings. The topological polar surface area (TPSA) is 107 Å². The molecule has 5 nitrogen and oxygen atoms in total. The predicted octanol–water partition coefficient (Wildman–Crippen LogP) is -1.79. The summed E-state index contributed by atoms with van der Waals surface area (Å²) >= 11 is 0. The van der Waals surface area contributed by atoms with Crippen molar-refractivity contribution >= 4 is 7.12 Å². The van der Waals surface area contributed by atoms with E-state index in [4.69, 9.17) is 26.0 Å². The van der Waals surface area contributed by atoms with E-state index in [-0.39, 0.29) is 13.2 Å². The Balaban J connectivity index is 3.01. The Hall–Kier alpha value is -0.815. The molecule has 78 valence electrons. The maximum atomic E-state index is 9.14. The highest BCUT2D eigenvalue weighted by molar-refractivity contribution is 6.44. The molecule has 1 rings (SSSR count). The van der Waals surface area contributed by atoms with Crippen molar-refractivity contribution in [2.75, 3.05) is 13.2 Å². The molecule has 0 aliphatic heterocycles. The third-order valence-electron chi connectivity index (χ3n) is 2.55. The summed E-state index contributed by atoms with van der Waals surface area (Å²) in [5.41, 5.74) is 4.83. The van der Waals surface area contributed by atoms with Crippen molar-refractivity contribution < 1.29 is 20.3 Å². The van der Waals surface area contributed by atoms with Crippen LogP contribution in [0.1, 0.15) is 0 Å². The molecule has 0 saturated heterocycles. The number of rotatable bonds is 3. The average molecular weight is 199 g/mol. The lowest BCUT2D eigenvalue weighted by Gasteiger charge is -2.35. The molecular weight excluding hydrogens is 185 g/mol. The largest absolute Gasteiger partial charge is 0.459 e. The first-order valence-corrected chi connectivity index (χ1v) is 4.30. The summed E-state index contributed by atoms with van der Waals surface area (Å²) in [7, 11) is -1.65. The maximum Gasteiger partial charge on any atom is 0.459 e. The van der Waals surface area contributed by atoms with Gasteiger partial charge in [-0.25, -0.2) is 0 Å². The lowest BCUT2D eigenvalue weighted by molar-refractivity contribution is 0.0869. The Morgan fingerprint density at radius 3 is 2.36 bits per heavy atom. The van der Waals surface area contributed by atoms with Gasteiger partial charge in [-0.2, -0.15) is 0 Å². The average Bonchev–Trinajstić information content (AvgIpc) is 2.18. The van der Waals surface area contributed by atoms with Gasteiger partial charge in [-0.1, -0.05) is 12.2 Å². The van der Waals surface area contributed by atoms with E-state index in [0.29, 0.717) is 5.70 Å². The van der Waals surface area contributed by atoms with Crippen molar-refractivity contribution in [1.82, 2.24) is 0 Å². The first-order valence-electron chi connectivity index (χ1n) is 4.30. The first kappa shape index (κ1) is 11.3. The molecule has 0 bridgehead atoms. The fraction of sp³-hybridized carbons (Fsp3) is 0.500. The van der Waals surface area contributed by atoms with Crippen LogP contribution in [0, 0.1) is 5.41 Å². The fourth-order valence-corrected chi connectivity index (χ4v) is 1.55. The number of nitrogens with two attached hydrogens (primary N) is 1. The molecule has 1 atom stereocenters. The standard InChI is InChI=1S/C8H14BNO4/c10-6-1-2-8(4-11,5-12)7(3-6)9(13)14/h1-3,7,11-14H,4-5,10H2. The van der Waals surface area contributed by atoms with Crippen LogP contribution in [-0.2, 0) is 0 Å². The summed E-state index contributed by atoms with van der Waals surface area (Å²) in [4.78, 5) is 0. The molecule has 14 heavy (non-hydrogen) atoms. The van der Waals surface area contributed by atoms with Crippen LogP contribution >= 0.6 is 0 Å². The van der Waals surface area contributed by atoms with Gasteiger partial charge >= 0.3 is 7.12 Å². The van der Waals surface area contributed by atoms with Gasteiger partial charge in [0.25, 0.3) is 0 Å². The predicted molar refractivity (Wildman–Crippen MR) is 52.0 cm³/mol. The van der Waals surface area contributed by atoms with Gasteiger partial charge in [0.05, 0.1) is 13.2 Å². The highest BCUT2D eigenvalue weighted by Gasteiger charge is 2.42. The van der Waals surface area contributed by atoms with Gasteiger partial charge in [-0.3, -0.25) is 0 Å². The molecule has 6 N–H and O–H groups in total. The Morgan fingerprint density at radius 1 is 1.36 bits per heavy atom.